The smallest absolute Gasteiger partial charge is 0.0634 e. The van der Waals surface area contributed by atoms with E-state index < -0.39 is 0 Å². The first-order valence-corrected chi connectivity index (χ1v) is 4.85. The Morgan fingerprint density at radius 3 is 2.64 bits per heavy atom. The molecule has 1 saturated carbocycles. The average Bonchev–Trinajstić information content (AvgIpc) is 2.21. The summed E-state index contributed by atoms with van der Waals surface area (Å²) in [6.07, 6.45) is 7.44. The van der Waals surface area contributed by atoms with Gasteiger partial charge >= 0.3 is 0 Å². The molecule has 64 valence electrons. The maximum atomic E-state index is 5.95. The third-order valence-electron chi connectivity index (χ3n) is 3.06. The normalized spacial score (nSPS) is 42.0. The third-order valence-corrected chi connectivity index (χ3v) is 3.06. The zero-order valence-corrected chi connectivity index (χ0v) is 7.60. The van der Waals surface area contributed by atoms with Gasteiger partial charge in [-0.25, -0.2) is 0 Å². The van der Waals surface area contributed by atoms with Gasteiger partial charge in [-0.1, -0.05) is 12.8 Å². The highest BCUT2D eigenvalue weighted by Crippen LogP contribution is 2.42. The van der Waals surface area contributed by atoms with E-state index in [1.807, 2.05) is 0 Å². The lowest BCUT2D eigenvalue weighted by atomic mass is 9.84. The van der Waals surface area contributed by atoms with E-state index >= 15 is 0 Å². The van der Waals surface area contributed by atoms with Gasteiger partial charge in [-0.2, -0.15) is 0 Å². The van der Waals surface area contributed by atoms with Crippen LogP contribution in [0.4, 0.5) is 0 Å². The van der Waals surface area contributed by atoms with Gasteiger partial charge in [-0.05, 0) is 39.0 Å². The van der Waals surface area contributed by atoms with E-state index in [1.165, 1.54) is 32.1 Å². The zero-order valence-electron chi connectivity index (χ0n) is 7.60. The summed E-state index contributed by atoms with van der Waals surface area (Å²) in [6.45, 7) is 4.46. The van der Waals surface area contributed by atoms with E-state index in [-0.39, 0.29) is 5.60 Å². The van der Waals surface area contributed by atoms with Crippen LogP contribution in [0.2, 0.25) is 0 Å². The Hall–Kier alpha value is -0.0400. The van der Waals surface area contributed by atoms with Crippen molar-refractivity contribution in [2.24, 2.45) is 5.92 Å². The summed E-state index contributed by atoms with van der Waals surface area (Å²) in [5.74, 6) is 0.888. The van der Waals surface area contributed by atoms with Crippen molar-refractivity contribution < 1.29 is 4.74 Å². The molecule has 0 radical (unpaired) electrons. The highest BCUT2D eigenvalue weighted by molar-refractivity contribution is 4.90. The summed E-state index contributed by atoms with van der Waals surface area (Å²) < 4.78 is 5.95. The Kier molecular flexibility index (Phi) is 1.71. The van der Waals surface area contributed by atoms with Crippen molar-refractivity contribution in [2.45, 2.75) is 57.7 Å². The van der Waals surface area contributed by atoms with E-state index in [4.69, 9.17) is 4.74 Å². The molecule has 0 unspecified atom stereocenters. The summed E-state index contributed by atoms with van der Waals surface area (Å²) in [4.78, 5) is 0. The average molecular weight is 154 g/mol. The summed E-state index contributed by atoms with van der Waals surface area (Å²) in [5.41, 5.74) is 0.180. The van der Waals surface area contributed by atoms with Gasteiger partial charge in [0.05, 0.1) is 11.7 Å². The number of hydrogen-bond donors (Lipinski definition) is 0. The molecule has 1 heterocycles. The van der Waals surface area contributed by atoms with Gasteiger partial charge in [-0.3, -0.25) is 0 Å². The number of hydrogen-bond acceptors (Lipinski definition) is 1. The van der Waals surface area contributed by atoms with Crippen LogP contribution in [0.1, 0.15) is 46.0 Å². The lowest BCUT2D eigenvalue weighted by molar-refractivity contribution is -0.0302. The molecule has 2 rings (SSSR count). The SMILES string of the molecule is CC1(C)C[C@H]2CCCC[C@@H]2O1. The van der Waals surface area contributed by atoms with Crippen LogP contribution in [0.3, 0.4) is 0 Å². The molecule has 0 aromatic rings. The molecule has 1 saturated heterocycles. The van der Waals surface area contributed by atoms with Crippen LogP contribution in [0.15, 0.2) is 0 Å². The van der Waals surface area contributed by atoms with E-state index in [0.29, 0.717) is 6.10 Å². The molecule has 0 aromatic heterocycles. The van der Waals surface area contributed by atoms with Crippen molar-refractivity contribution >= 4 is 0 Å². The standard InChI is InChI=1S/C10H18O/c1-10(2)7-8-5-3-4-6-9(8)11-10/h8-9H,3-7H2,1-2H3/t8-,9+/m1/s1. The van der Waals surface area contributed by atoms with Crippen molar-refractivity contribution in [3.8, 4) is 0 Å². The van der Waals surface area contributed by atoms with Gasteiger partial charge in [-0.15, -0.1) is 0 Å². The Morgan fingerprint density at radius 2 is 1.91 bits per heavy atom. The molecule has 0 aromatic carbocycles. The van der Waals surface area contributed by atoms with Crippen molar-refractivity contribution in [1.82, 2.24) is 0 Å². The number of rotatable bonds is 0. The van der Waals surface area contributed by atoms with Crippen LogP contribution < -0.4 is 0 Å². The highest BCUT2D eigenvalue weighted by atomic mass is 16.5. The van der Waals surface area contributed by atoms with Crippen LogP contribution in [0.5, 0.6) is 0 Å². The lowest BCUT2D eigenvalue weighted by Gasteiger charge is -2.23. The molecule has 2 fully saturated rings. The Bertz CT molecular complexity index is 135. The van der Waals surface area contributed by atoms with Gasteiger partial charge in [0.25, 0.3) is 0 Å². The molecule has 1 heteroatoms. The second-order valence-corrected chi connectivity index (χ2v) is 4.66. The molecule has 0 amide bonds. The second kappa shape index (κ2) is 2.48. The Labute approximate surface area is 69.1 Å². The summed E-state index contributed by atoms with van der Waals surface area (Å²) >= 11 is 0. The molecule has 1 aliphatic carbocycles. The quantitative estimate of drug-likeness (QED) is 0.521. The molecule has 2 atom stereocenters. The molecule has 0 N–H and O–H groups in total. The largest absolute Gasteiger partial charge is 0.372 e. The summed E-state index contributed by atoms with van der Waals surface area (Å²) in [7, 11) is 0. The fourth-order valence-corrected chi connectivity index (χ4v) is 2.65. The van der Waals surface area contributed by atoms with Crippen molar-refractivity contribution in [2.75, 3.05) is 0 Å². The highest BCUT2D eigenvalue weighted by Gasteiger charge is 2.40. The minimum Gasteiger partial charge on any atom is -0.372 e. The van der Waals surface area contributed by atoms with Crippen LogP contribution in [0.25, 0.3) is 0 Å². The molecular formula is C10H18O. The van der Waals surface area contributed by atoms with Gasteiger partial charge < -0.3 is 4.74 Å². The van der Waals surface area contributed by atoms with Crippen LogP contribution in [0, 0.1) is 5.92 Å². The van der Waals surface area contributed by atoms with Crippen molar-refractivity contribution in [3.05, 3.63) is 0 Å². The Morgan fingerprint density at radius 1 is 1.18 bits per heavy atom. The van der Waals surface area contributed by atoms with Crippen molar-refractivity contribution in [1.29, 1.82) is 0 Å². The molecule has 1 nitrogen and oxygen atoms in total. The first kappa shape index (κ1) is 7.60. The van der Waals surface area contributed by atoms with E-state index in [9.17, 15) is 0 Å². The van der Waals surface area contributed by atoms with Crippen LogP contribution in [-0.2, 0) is 4.74 Å². The predicted octanol–water partition coefficient (Wildman–Crippen LogP) is 2.74. The molecule has 0 spiro atoms. The van der Waals surface area contributed by atoms with Gasteiger partial charge in [0, 0.05) is 0 Å². The van der Waals surface area contributed by atoms with E-state index in [1.54, 1.807) is 0 Å². The summed E-state index contributed by atoms with van der Waals surface area (Å²) in [6, 6.07) is 0. The fourth-order valence-electron chi connectivity index (χ4n) is 2.65. The number of ether oxygens (including phenoxy) is 1. The first-order valence-electron chi connectivity index (χ1n) is 4.85. The molecule has 0 bridgehead atoms. The van der Waals surface area contributed by atoms with Crippen molar-refractivity contribution in [3.63, 3.8) is 0 Å². The minimum absolute atomic E-state index is 0.180. The maximum Gasteiger partial charge on any atom is 0.0634 e. The van der Waals surface area contributed by atoms with E-state index in [2.05, 4.69) is 13.8 Å². The van der Waals surface area contributed by atoms with E-state index in [0.717, 1.165) is 5.92 Å². The predicted molar refractivity (Wildman–Crippen MR) is 45.5 cm³/mol. The van der Waals surface area contributed by atoms with Gasteiger partial charge in [0.15, 0.2) is 0 Å². The summed E-state index contributed by atoms with van der Waals surface area (Å²) in [5, 5.41) is 0. The fraction of sp³-hybridized carbons (Fsp3) is 1.00. The maximum absolute atomic E-state index is 5.95. The minimum atomic E-state index is 0.180. The molecule has 1 aliphatic heterocycles. The third kappa shape index (κ3) is 1.44. The van der Waals surface area contributed by atoms with Crippen LogP contribution in [-0.4, -0.2) is 11.7 Å². The molecule has 2 aliphatic rings. The topological polar surface area (TPSA) is 9.23 Å². The van der Waals surface area contributed by atoms with Crippen LogP contribution >= 0.6 is 0 Å². The number of fused-ring (bicyclic) bond motifs is 1. The van der Waals surface area contributed by atoms with Gasteiger partial charge in [0.1, 0.15) is 0 Å². The monoisotopic (exact) mass is 154 g/mol. The lowest BCUT2D eigenvalue weighted by Crippen LogP contribution is -2.21. The molecular weight excluding hydrogens is 136 g/mol. The second-order valence-electron chi connectivity index (χ2n) is 4.66. The Balaban J connectivity index is 2.03. The first-order chi connectivity index (χ1) is 5.17. The van der Waals surface area contributed by atoms with Gasteiger partial charge in [0.2, 0.25) is 0 Å². The molecule has 11 heavy (non-hydrogen) atoms. The zero-order chi connectivity index (χ0) is 7.90.